The Bertz CT molecular complexity index is 1190. The number of carbonyl (C=O) groups excluding carboxylic acids is 3. The van der Waals surface area contributed by atoms with Gasteiger partial charge in [0.15, 0.2) is 5.69 Å². The maximum Gasteiger partial charge on any atom is 0.418 e. The topological polar surface area (TPSA) is 106 Å². The molecule has 0 spiro atoms. The number of para-hydroxylation sites is 1. The lowest BCUT2D eigenvalue weighted by Crippen LogP contribution is -2.64. The minimum atomic E-state index is -4.67. The van der Waals surface area contributed by atoms with Gasteiger partial charge in [0.1, 0.15) is 11.2 Å². The number of nitrogens with one attached hydrogen (secondary N) is 2. The van der Waals surface area contributed by atoms with Gasteiger partial charge in [0.05, 0.1) is 30.2 Å². The lowest BCUT2D eigenvalue weighted by atomic mass is 9.94. The van der Waals surface area contributed by atoms with E-state index < -0.39 is 34.8 Å². The van der Waals surface area contributed by atoms with Gasteiger partial charge in [0, 0.05) is 19.2 Å². The number of halogens is 3. The van der Waals surface area contributed by atoms with Gasteiger partial charge in [0.2, 0.25) is 5.91 Å². The molecule has 2 aromatic rings. The summed E-state index contributed by atoms with van der Waals surface area (Å²) in [5, 5.41) is 5.13. The second kappa shape index (κ2) is 10.2. The lowest BCUT2D eigenvalue weighted by Gasteiger charge is -2.44. The van der Waals surface area contributed by atoms with Gasteiger partial charge in [-0.2, -0.15) is 13.2 Å². The second-order valence-corrected chi connectivity index (χ2v) is 9.78. The first-order valence-electron chi connectivity index (χ1n) is 12.2. The van der Waals surface area contributed by atoms with Crippen LogP contribution in [0.1, 0.15) is 66.6 Å². The number of ether oxygens (including phenoxy) is 1. The number of benzene rings is 1. The zero-order valence-electron chi connectivity index (χ0n) is 20.9. The molecule has 200 valence electrons. The number of hydrogen-bond acceptors (Lipinski definition) is 5. The number of carbonyl (C=O) groups is 3. The molecule has 3 amide bonds. The summed E-state index contributed by atoms with van der Waals surface area (Å²) < 4.78 is 47.0. The molecule has 1 aliphatic carbocycles. The number of aromatic nitrogens is 2. The molecule has 1 atom stereocenters. The summed E-state index contributed by atoms with van der Waals surface area (Å²) in [5.41, 5.74) is -3.01. The number of fused-ring (bicyclic) bond motifs is 1. The second-order valence-electron chi connectivity index (χ2n) is 9.78. The van der Waals surface area contributed by atoms with Gasteiger partial charge < -0.3 is 24.8 Å². The molecule has 1 fully saturated rings. The van der Waals surface area contributed by atoms with Crippen LogP contribution in [0.25, 0.3) is 0 Å². The highest BCUT2D eigenvalue weighted by Gasteiger charge is 2.53. The number of alkyl halides is 3. The Morgan fingerprint density at radius 2 is 1.95 bits per heavy atom. The molecule has 1 saturated carbocycles. The van der Waals surface area contributed by atoms with Crippen molar-refractivity contribution >= 4 is 23.4 Å². The molecule has 2 heterocycles. The minimum absolute atomic E-state index is 0.0514. The molecule has 1 aliphatic heterocycles. The predicted octanol–water partition coefficient (Wildman–Crippen LogP) is 3.46. The van der Waals surface area contributed by atoms with Crippen molar-refractivity contribution < 1.29 is 32.3 Å². The molecule has 12 heteroatoms. The number of anilines is 1. The van der Waals surface area contributed by atoms with Crippen LogP contribution in [0.3, 0.4) is 0 Å². The fourth-order valence-electron chi connectivity index (χ4n) is 4.53. The zero-order valence-corrected chi connectivity index (χ0v) is 20.9. The van der Waals surface area contributed by atoms with Crippen LogP contribution in [0.2, 0.25) is 0 Å². The van der Waals surface area contributed by atoms with Crippen LogP contribution in [-0.4, -0.2) is 63.0 Å². The molecule has 9 nitrogen and oxygen atoms in total. The third kappa shape index (κ3) is 5.48. The summed E-state index contributed by atoms with van der Waals surface area (Å²) in [5.74, 6) is -1.82. The Labute approximate surface area is 212 Å². The summed E-state index contributed by atoms with van der Waals surface area (Å²) in [6, 6.07) is 4.41. The van der Waals surface area contributed by atoms with Gasteiger partial charge in [-0.1, -0.05) is 12.1 Å². The smallest absolute Gasteiger partial charge is 0.379 e. The van der Waals surface area contributed by atoms with Gasteiger partial charge in [-0.25, -0.2) is 4.98 Å². The van der Waals surface area contributed by atoms with Crippen molar-refractivity contribution in [2.45, 2.75) is 70.4 Å². The lowest BCUT2D eigenvalue weighted by molar-refractivity contribution is -0.137. The van der Waals surface area contributed by atoms with Crippen molar-refractivity contribution in [1.29, 1.82) is 0 Å². The summed E-state index contributed by atoms with van der Waals surface area (Å²) in [7, 11) is 0. The van der Waals surface area contributed by atoms with Gasteiger partial charge >= 0.3 is 6.18 Å². The highest BCUT2D eigenvalue weighted by Crippen LogP contribution is 2.39. The zero-order chi connectivity index (χ0) is 27.0. The Morgan fingerprint density at radius 1 is 1.24 bits per heavy atom. The Hall–Kier alpha value is -3.41. The van der Waals surface area contributed by atoms with Crippen molar-refractivity contribution in [3.63, 3.8) is 0 Å². The van der Waals surface area contributed by atoms with E-state index in [9.17, 15) is 27.6 Å². The predicted molar refractivity (Wildman–Crippen MR) is 128 cm³/mol. The molecule has 1 aromatic carbocycles. The molecule has 2 N–H and O–H groups in total. The van der Waals surface area contributed by atoms with Crippen LogP contribution in [0.15, 0.2) is 30.6 Å². The molecule has 0 radical (unpaired) electrons. The first-order valence-corrected chi connectivity index (χ1v) is 12.2. The Balaban J connectivity index is 1.56. The summed E-state index contributed by atoms with van der Waals surface area (Å²) >= 11 is 0. The Morgan fingerprint density at radius 3 is 2.59 bits per heavy atom. The van der Waals surface area contributed by atoms with Crippen molar-refractivity contribution in [3.05, 3.63) is 47.5 Å². The van der Waals surface area contributed by atoms with Crippen LogP contribution >= 0.6 is 0 Å². The van der Waals surface area contributed by atoms with Gasteiger partial charge in [-0.05, 0) is 52.2 Å². The summed E-state index contributed by atoms with van der Waals surface area (Å²) in [6.07, 6.45) is -1.28. The van der Waals surface area contributed by atoms with E-state index in [1.807, 2.05) is 13.8 Å². The fourth-order valence-corrected chi connectivity index (χ4v) is 4.53. The van der Waals surface area contributed by atoms with Crippen molar-refractivity contribution in [3.8, 4) is 0 Å². The molecule has 0 bridgehead atoms. The number of hydrogen-bond donors (Lipinski definition) is 2. The molecular formula is C25H30F3N5O4. The number of amides is 3. The van der Waals surface area contributed by atoms with E-state index in [4.69, 9.17) is 4.74 Å². The van der Waals surface area contributed by atoms with E-state index in [1.165, 1.54) is 27.9 Å². The van der Waals surface area contributed by atoms with Crippen LogP contribution in [0, 0.1) is 0 Å². The molecule has 2 aliphatic rings. The van der Waals surface area contributed by atoms with Crippen molar-refractivity contribution in [1.82, 2.24) is 19.8 Å². The minimum Gasteiger partial charge on any atom is -0.379 e. The van der Waals surface area contributed by atoms with Gasteiger partial charge in [-0.15, -0.1) is 0 Å². The quantitative estimate of drug-likeness (QED) is 0.492. The van der Waals surface area contributed by atoms with Crippen LogP contribution < -0.4 is 10.6 Å². The first-order chi connectivity index (χ1) is 17.4. The number of nitrogens with zero attached hydrogens (tertiary/aromatic N) is 3. The van der Waals surface area contributed by atoms with E-state index in [0.29, 0.717) is 32.4 Å². The van der Waals surface area contributed by atoms with E-state index >= 15 is 0 Å². The van der Waals surface area contributed by atoms with E-state index in [1.54, 1.807) is 6.92 Å². The van der Waals surface area contributed by atoms with Gasteiger partial charge in [-0.3, -0.25) is 14.4 Å². The number of rotatable bonds is 9. The van der Waals surface area contributed by atoms with Gasteiger partial charge in [0.25, 0.3) is 11.8 Å². The van der Waals surface area contributed by atoms with E-state index in [0.717, 1.165) is 12.1 Å². The standard InChI is InChI=1S/C25H30F3N5O4/c1-15(2)37-12-6-11-29-23(36)24(3)13-32-14-30-19(20(32)22(35)33(24)16-9-10-16)21(34)31-18-8-5-4-7-17(18)25(26,27)28/h4-5,7-8,14-16H,6,9-13H2,1-3H3,(H,29,36)(H,31,34)/t24-/m0/s1. The average molecular weight is 522 g/mol. The summed E-state index contributed by atoms with van der Waals surface area (Å²) in [6.45, 7) is 6.43. The highest BCUT2D eigenvalue weighted by molar-refractivity contribution is 6.12. The first kappa shape index (κ1) is 26.6. The molecule has 0 saturated heterocycles. The molecule has 1 aromatic heterocycles. The van der Waals surface area contributed by atoms with E-state index in [-0.39, 0.29) is 36.0 Å². The largest absolute Gasteiger partial charge is 0.418 e. The molecule has 4 rings (SSSR count). The third-order valence-corrected chi connectivity index (χ3v) is 6.42. The third-order valence-electron chi connectivity index (χ3n) is 6.42. The SMILES string of the molecule is CC(C)OCCCNC(=O)[C@]1(C)Cn2cnc(C(=O)Nc3ccccc3C(F)(F)F)c2C(=O)N1C1CC1. The van der Waals surface area contributed by atoms with Crippen LogP contribution in [0.4, 0.5) is 18.9 Å². The summed E-state index contributed by atoms with van der Waals surface area (Å²) in [4.78, 5) is 45.4. The highest BCUT2D eigenvalue weighted by atomic mass is 19.4. The van der Waals surface area contributed by atoms with Crippen LogP contribution in [-0.2, 0) is 22.3 Å². The average Bonchev–Trinajstić information content (AvgIpc) is 3.55. The Kier molecular flexibility index (Phi) is 7.31. The monoisotopic (exact) mass is 521 g/mol. The molecule has 0 unspecified atom stereocenters. The molecule has 37 heavy (non-hydrogen) atoms. The van der Waals surface area contributed by atoms with Crippen molar-refractivity contribution in [2.75, 3.05) is 18.5 Å². The van der Waals surface area contributed by atoms with Crippen LogP contribution in [0.5, 0.6) is 0 Å². The normalized spacial score (nSPS) is 19.6. The fraction of sp³-hybridized carbons (Fsp3) is 0.520. The maximum absolute atomic E-state index is 13.6. The van der Waals surface area contributed by atoms with Crippen molar-refractivity contribution in [2.24, 2.45) is 0 Å². The molecular weight excluding hydrogens is 491 g/mol. The maximum atomic E-state index is 13.6. The number of imidazole rings is 1. The van der Waals surface area contributed by atoms with E-state index in [2.05, 4.69) is 15.6 Å².